The number of aromatic nitrogens is 1. The molecular weight excluding hydrogens is 441 g/mol. The Bertz CT molecular complexity index is 1030. The van der Waals surface area contributed by atoms with Gasteiger partial charge in [0.1, 0.15) is 5.78 Å². The number of carboxylic acids is 1. The molecule has 1 unspecified atom stereocenters. The molecule has 0 saturated heterocycles. The first-order valence-electron chi connectivity index (χ1n) is 9.82. The number of nitrogens with one attached hydrogen (secondary N) is 1. The summed E-state index contributed by atoms with van der Waals surface area (Å²) in [6.07, 6.45) is 4.17. The lowest BCUT2D eigenvalue weighted by Gasteiger charge is -2.16. The molecule has 1 aromatic carbocycles. The number of amides is 1. The minimum atomic E-state index is -1.09. The second kappa shape index (κ2) is 10.0. The molecule has 2 N–H and O–H groups in total. The van der Waals surface area contributed by atoms with Crippen LogP contribution < -0.4 is 5.32 Å². The van der Waals surface area contributed by atoms with Crippen LogP contribution in [-0.4, -0.2) is 39.5 Å². The fraction of sp³-hybridized carbons (Fsp3) is 0.318. The van der Waals surface area contributed by atoms with Gasteiger partial charge in [0, 0.05) is 36.6 Å². The van der Waals surface area contributed by atoms with Gasteiger partial charge >= 0.3 is 5.97 Å². The number of rotatable bonds is 7. The predicted octanol–water partition coefficient (Wildman–Crippen LogP) is 4.47. The number of benzene rings is 1. The molecule has 2 aromatic rings. The van der Waals surface area contributed by atoms with Crippen LogP contribution in [0.25, 0.3) is 0 Å². The van der Waals surface area contributed by atoms with E-state index in [1.807, 2.05) is 6.92 Å². The summed E-state index contributed by atoms with van der Waals surface area (Å²) in [7, 11) is 0. The van der Waals surface area contributed by atoms with Gasteiger partial charge in [-0.2, -0.15) is 0 Å². The van der Waals surface area contributed by atoms with Gasteiger partial charge in [-0.25, -0.2) is 4.79 Å². The zero-order valence-corrected chi connectivity index (χ0v) is 18.3. The molecule has 162 valence electrons. The molecule has 1 aromatic heterocycles. The van der Waals surface area contributed by atoms with E-state index >= 15 is 0 Å². The van der Waals surface area contributed by atoms with E-state index in [4.69, 9.17) is 23.2 Å². The van der Waals surface area contributed by atoms with Crippen molar-refractivity contribution in [2.45, 2.75) is 38.6 Å². The standard InChI is InChI=1S/C22H21Cl2N3O4/c1-2-13-17(7-8-19(13)28)26-18(22(30)31)9-12-5-3-4-6-16(12)27-21(29)20-14(23)10-25-11-15(20)24/h3-6,10-11,13,18H,2,7-9H2,1H3,(H,27,29)(H,30,31)/t13?,18-/m0/s1. The van der Waals surface area contributed by atoms with Gasteiger partial charge in [-0.05, 0) is 24.5 Å². The van der Waals surface area contributed by atoms with Crippen molar-refractivity contribution in [3.8, 4) is 0 Å². The lowest BCUT2D eigenvalue weighted by Crippen LogP contribution is -2.25. The number of aliphatic carboxylic acids is 1. The lowest BCUT2D eigenvalue weighted by atomic mass is 10.0. The van der Waals surface area contributed by atoms with Gasteiger partial charge in [0.05, 0.1) is 21.5 Å². The summed E-state index contributed by atoms with van der Waals surface area (Å²) in [5, 5.41) is 12.7. The molecule has 1 fully saturated rings. The van der Waals surface area contributed by atoms with Crippen molar-refractivity contribution in [2.75, 3.05) is 5.32 Å². The molecule has 0 spiro atoms. The number of hydrogen-bond donors (Lipinski definition) is 2. The second-order valence-corrected chi connectivity index (χ2v) is 8.01. The molecule has 3 rings (SSSR count). The molecule has 1 saturated carbocycles. The van der Waals surface area contributed by atoms with Crippen molar-refractivity contribution >= 4 is 52.3 Å². The van der Waals surface area contributed by atoms with Crippen LogP contribution in [0.15, 0.2) is 41.7 Å². The first-order valence-corrected chi connectivity index (χ1v) is 10.6. The molecule has 1 heterocycles. The molecule has 0 aliphatic heterocycles. The molecule has 0 bridgehead atoms. The Morgan fingerprint density at radius 2 is 1.90 bits per heavy atom. The third kappa shape index (κ3) is 5.29. The van der Waals surface area contributed by atoms with E-state index in [0.717, 1.165) is 0 Å². The Morgan fingerprint density at radius 3 is 2.55 bits per heavy atom. The van der Waals surface area contributed by atoms with Crippen LogP contribution in [-0.2, 0) is 16.0 Å². The number of aliphatic imine (C=N–C) groups is 1. The van der Waals surface area contributed by atoms with Crippen LogP contribution in [0.5, 0.6) is 0 Å². The topological polar surface area (TPSA) is 109 Å². The number of nitrogens with zero attached hydrogens (tertiary/aromatic N) is 2. The summed E-state index contributed by atoms with van der Waals surface area (Å²) in [6, 6.07) is 5.78. The molecule has 2 atom stereocenters. The summed E-state index contributed by atoms with van der Waals surface area (Å²) in [5.74, 6) is -1.84. The van der Waals surface area contributed by atoms with Crippen molar-refractivity contribution in [1.29, 1.82) is 0 Å². The van der Waals surface area contributed by atoms with Crippen LogP contribution in [0.4, 0.5) is 5.69 Å². The van der Waals surface area contributed by atoms with Crippen molar-refractivity contribution in [1.82, 2.24) is 4.98 Å². The van der Waals surface area contributed by atoms with Crippen LogP contribution in [0.2, 0.25) is 10.0 Å². The predicted molar refractivity (Wildman–Crippen MR) is 119 cm³/mol. The molecule has 1 amide bonds. The highest BCUT2D eigenvalue weighted by Crippen LogP contribution is 2.27. The number of carbonyl (C=O) groups is 3. The van der Waals surface area contributed by atoms with E-state index < -0.39 is 17.9 Å². The Balaban J connectivity index is 1.86. The van der Waals surface area contributed by atoms with Gasteiger partial charge in [-0.15, -0.1) is 0 Å². The number of hydrogen-bond acceptors (Lipinski definition) is 5. The fourth-order valence-corrected chi connectivity index (χ4v) is 4.17. The van der Waals surface area contributed by atoms with E-state index in [9.17, 15) is 19.5 Å². The fourth-order valence-electron chi connectivity index (χ4n) is 3.63. The van der Waals surface area contributed by atoms with Crippen molar-refractivity contribution in [2.24, 2.45) is 10.9 Å². The van der Waals surface area contributed by atoms with Gasteiger partial charge < -0.3 is 10.4 Å². The SMILES string of the molecule is CCC1C(=O)CCC1=N[C@@H](Cc1ccccc1NC(=O)c1c(Cl)cncc1Cl)C(=O)O. The molecule has 1 aliphatic carbocycles. The Hall–Kier alpha value is -2.77. The van der Waals surface area contributed by atoms with Gasteiger partial charge in [0.2, 0.25) is 0 Å². The minimum Gasteiger partial charge on any atom is -0.480 e. The maximum absolute atomic E-state index is 12.7. The van der Waals surface area contributed by atoms with Crippen molar-refractivity contribution < 1.29 is 19.5 Å². The highest BCUT2D eigenvalue weighted by Gasteiger charge is 2.31. The van der Waals surface area contributed by atoms with Gasteiger partial charge in [-0.3, -0.25) is 19.6 Å². The number of ketones is 1. The highest BCUT2D eigenvalue weighted by atomic mass is 35.5. The number of anilines is 1. The van der Waals surface area contributed by atoms with E-state index in [1.165, 1.54) is 12.4 Å². The Labute approximate surface area is 189 Å². The van der Waals surface area contributed by atoms with E-state index in [-0.39, 0.29) is 33.7 Å². The largest absolute Gasteiger partial charge is 0.480 e. The third-order valence-corrected chi connectivity index (χ3v) is 5.77. The van der Waals surface area contributed by atoms with E-state index in [1.54, 1.807) is 24.3 Å². The number of halogens is 2. The average molecular weight is 462 g/mol. The monoisotopic (exact) mass is 461 g/mol. The van der Waals surface area contributed by atoms with Gasteiger partial charge in [-0.1, -0.05) is 48.3 Å². The highest BCUT2D eigenvalue weighted by molar-refractivity contribution is 6.40. The molecule has 0 radical (unpaired) electrons. The normalized spacial score (nSPS) is 18.2. The zero-order valence-electron chi connectivity index (χ0n) is 16.8. The Kier molecular flexibility index (Phi) is 7.41. The van der Waals surface area contributed by atoms with Crippen LogP contribution in [0.3, 0.4) is 0 Å². The minimum absolute atomic E-state index is 0.0533. The lowest BCUT2D eigenvalue weighted by molar-refractivity contribution is -0.138. The zero-order chi connectivity index (χ0) is 22.5. The number of para-hydroxylation sites is 1. The maximum atomic E-state index is 12.7. The first-order chi connectivity index (χ1) is 14.8. The smallest absolute Gasteiger partial charge is 0.328 e. The Morgan fingerprint density at radius 1 is 1.23 bits per heavy atom. The quantitative estimate of drug-likeness (QED) is 0.631. The van der Waals surface area contributed by atoms with Gasteiger partial charge in [0.25, 0.3) is 5.91 Å². The third-order valence-electron chi connectivity index (χ3n) is 5.19. The molecule has 7 nitrogen and oxygen atoms in total. The number of Topliss-reactive ketones (excluding diaryl/α,β-unsaturated/α-hetero) is 1. The van der Waals surface area contributed by atoms with Crippen LogP contribution in [0.1, 0.15) is 42.1 Å². The number of pyridine rings is 1. The molecule has 9 heteroatoms. The summed E-state index contributed by atoms with van der Waals surface area (Å²) >= 11 is 12.1. The van der Waals surface area contributed by atoms with E-state index in [0.29, 0.717) is 36.2 Å². The average Bonchev–Trinajstić information content (AvgIpc) is 3.07. The summed E-state index contributed by atoms with van der Waals surface area (Å²) in [5.41, 5.74) is 1.74. The second-order valence-electron chi connectivity index (χ2n) is 7.20. The van der Waals surface area contributed by atoms with Crippen molar-refractivity contribution in [3.63, 3.8) is 0 Å². The maximum Gasteiger partial charge on any atom is 0.328 e. The van der Waals surface area contributed by atoms with E-state index in [2.05, 4.69) is 15.3 Å². The number of carbonyl (C=O) groups excluding carboxylic acids is 2. The van der Waals surface area contributed by atoms with Crippen molar-refractivity contribution in [3.05, 3.63) is 57.8 Å². The summed E-state index contributed by atoms with van der Waals surface area (Å²) < 4.78 is 0. The van der Waals surface area contributed by atoms with Gasteiger partial charge in [0.15, 0.2) is 6.04 Å². The van der Waals surface area contributed by atoms with Crippen LogP contribution in [0, 0.1) is 5.92 Å². The molecular formula is C22H21Cl2N3O4. The molecule has 31 heavy (non-hydrogen) atoms. The molecule has 1 aliphatic rings. The summed E-state index contributed by atoms with van der Waals surface area (Å²) in [6.45, 7) is 1.89. The first kappa shape index (κ1) is 22.9. The number of carboxylic acid groups (broad SMARTS) is 1. The summed E-state index contributed by atoms with van der Waals surface area (Å²) in [4.78, 5) is 44.9. The van der Waals surface area contributed by atoms with Crippen LogP contribution >= 0.6 is 23.2 Å².